The quantitative estimate of drug-likeness (QED) is 0.785. The number of anilines is 1. The molecule has 0 saturated carbocycles. The van der Waals surface area contributed by atoms with Crippen LogP contribution >= 0.6 is 0 Å². The Bertz CT molecular complexity index is 584. The lowest BCUT2D eigenvalue weighted by Gasteiger charge is -2.33. The molecule has 0 atom stereocenters. The molecule has 5 nitrogen and oxygen atoms in total. The number of para-hydroxylation sites is 1. The van der Waals surface area contributed by atoms with Crippen LogP contribution in [0.15, 0.2) is 24.3 Å². The fourth-order valence-corrected chi connectivity index (χ4v) is 2.97. The van der Waals surface area contributed by atoms with E-state index in [0.29, 0.717) is 31.5 Å². The molecule has 1 aliphatic heterocycles. The van der Waals surface area contributed by atoms with Crippen LogP contribution in [0.1, 0.15) is 18.4 Å². The van der Waals surface area contributed by atoms with Gasteiger partial charge in [-0.1, -0.05) is 12.1 Å². The van der Waals surface area contributed by atoms with Crippen LogP contribution in [-0.4, -0.2) is 33.9 Å². The molecule has 1 heterocycles. The topological polar surface area (TPSA) is 70.4 Å². The zero-order valence-corrected chi connectivity index (χ0v) is 11.6. The molecule has 19 heavy (non-hydrogen) atoms. The van der Waals surface area contributed by atoms with Crippen molar-refractivity contribution < 1.29 is 12.6 Å². The second kappa shape index (κ2) is 5.59. The lowest BCUT2D eigenvalue weighted by atomic mass is 10.1. The molecular formula is C13H16N2O3S. The highest BCUT2D eigenvalue weighted by molar-refractivity contribution is 7.86. The first-order valence-corrected chi connectivity index (χ1v) is 7.93. The summed E-state index contributed by atoms with van der Waals surface area (Å²) >= 11 is 0. The number of nitrogens with zero attached hydrogens (tertiary/aromatic N) is 2. The first-order valence-electron chi connectivity index (χ1n) is 6.12. The lowest BCUT2D eigenvalue weighted by molar-refractivity contribution is 0.180. The standard InChI is InChI=1S/C13H16N2O3S/c1-19(16,17)18-12-6-8-15(9-7-12)13-5-3-2-4-11(13)10-14/h2-5,12H,6-9H2,1H3. The predicted molar refractivity (Wildman–Crippen MR) is 72.3 cm³/mol. The van der Waals surface area contributed by atoms with Gasteiger partial charge < -0.3 is 4.90 Å². The van der Waals surface area contributed by atoms with Crippen LogP contribution in [0.3, 0.4) is 0 Å². The molecule has 1 saturated heterocycles. The van der Waals surface area contributed by atoms with E-state index in [-0.39, 0.29) is 6.10 Å². The van der Waals surface area contributed by atoms with Gasteiger partial charge in [-0.2, -0.15) is 13.7 Å². The van der Waals surface area contributed by atoms with E-state index < -0.39 is 10.1 Å². The normalized spacial score (nSPS) is 17.2. The molecule has 0 aliphatic carbocycles. The molecule has 0 bridgehead atoms. The fraction of sp³-hybridized carbons (Fsp3) is 0.462. The van der Waals surface area contributed by atoms with E-state index in [4.69, 9.17) is 9.44 Å². The molecule has 1 aromatic rings. The molecule has 0 amide bonds. The zero-order valence-electron chi connectivity index (χ0n) is 10.7. The first kappa shape index (κ1) is 13.8. The maximum Gasteiger partial charge on any atom is 0.264 e. The minimum atomic E-state index is -3.39. The fourth-order valence-electron chi connectivity index (χ4n) is 2.28. The third-order valence-electron chi connectivity index (χ3n) is 3.12. The van der Waals surface area contributed by atoms with Gasteiger partial charge in [-0.25, -0.2) is 0 Å². The van der Waals surface area contributed by atoms with E-state index in [1.807, 2.05) is 18.2 Å². The van der Waals surface area contributed by atoms with E-state index in [2.05, 4.69) is 11.0 Å². The number of rotatable bonds is 3. The summed E-state index contributed by atoms with van der Waals surface area (Å²) in [7, 11) is -3.39. The summed E-state index contributed by atoms with van der Waals surface area (Å²) in [6.07, 6.45) is 2.12. The van der Waals surface area contributed by atoms with Gasteiger partial charge >= 0.3 is 0 Å². The van der Waals surface area contributed by atoms with Crippen molar-refractivity contribution in [3.63, 3.8) is 0 Å². The van der Waals surface area contributed by atoms with Crippen molar-refractivity contribution >= 4 is 15.8 Å². The Morgan fingerprint density at radius 3 is 2.53 bits per heavy atom. The SMILES string of the molecule is CS(=O)(=O)OC1CCN(c2ccccc2C#N)CC1. The van der Waals surface area contributed by atoms with Gasteiger partial charge in [-0.05, 0) is 25.0 Å². The molecule has 2 rings (SSSR count). The Labute approximate surface area is 113 Å². The first-order chi connectivity index (χ1) is 8.99. The van der Waals surface area contributed by atoms with E-state index >= 15 is 0 Å². The Hall–Kier alpha value is -1.58. The molecule has 102 valence electrons. The number of benzene rings is 1. The summed E-state index contributed by atoms with van der Waals surface area (Å²) in [6.45, 7) is 1.39. The largest absolute Gasteiger partial charge is 0.370 e. The summed E-state index contributed by atoms with van der Waals surface area (Å²) in [5, 5.41) is 9.07. The maximum absolute atomic E-state index is 11.1. The van der Waals surface area contributed by atoms with Gasteiger partial charge in [-0.3, -0.25) is 4.18 Å². The molecular weight excluding hydrogens is 264 g/mol. The Balaban J connectivity index is 2.02. The molecule has 0 aromatic heterocycles. The maximum atomic E-state index is 11.1. The van der Waals surface area contributed by atoms with Crippen molar-refractivity contribution in [1.82, 2.24) is 0 Å². The van der Waals surface area contributed by atoms with Gasteiger partial charge in [-0.15, -0.1) is 0 Å². The van der Waals surface area contributed by atoms with Gasteiger partial charge in [0.15, 0.2) is 0 Å². The van der Waals surface area contributed by atoms with Crippen molar-refractivity contribution in [3.05, 3.63) is 29.8 Å². The molecule has 0 spiro atoms. The number of hydrogen-bond acceptors (Lipinski definition) is 5. The van der Waals surface area contributed by atoms with E-state index in [1.165, 1.54) is 0 Å². The molecule has 0 radical (unpaired) electrons. The molecule has 0 N–H and O–H groups in total. The molecule has 0 unspecified atom stereocenters. The monoisotopic (exact) mass is 280 g/mol. The molecule has 1 aromatic carbocycles. The Morgan fingerprint density at radius 1 is 1.32 bits per heavy atom. The molecule has 1 fully saturated rings. The third kappa shape index (κ3) is 3.69. The van der Waals surface area contributed by atoms with Crippen LogP contribution in [0.2, 0.25) is 0 Å². The van der Waals surface area contributed by atoms with Crippen molar-refractivity contribution in [3.8, 4) is 6.07 Å². The Morgan fingerprint density at radius 2 is 1.95 bits per heavy atom. The molecule has 1 aliphatic rings. The predicted octanol–water partition coefficient (Wildman–Crippen LogP) is 1.50. The van der Waals surface area contributed by atoms with Crippen molar-refractivity contribution in [2.45, 2.75) is 18.9 Å². The summed E-state index contributed by atoms with van der Waals surface area (Å²) < 4.78 is 27.1. The van der Waals surface area contributed by atoms with Gasteiger partial charge in [0.2, 0.25) is 0 Å². The summed E-state index contributed by atoms with van der Waals surface area (Å²) in [4.78, 5) is 2.10. The highest BCUT2D eigenvalue weighted by atomic mass is 32.2. The minimum absolute atomic E-state index is 0.250. The van der Waals surface area contributed by atoms with Crippen LogP contribution in [0.5, 0.6) is 0 Å². The van der Waals surface area contributed by atoms with E-state index in [1.54, 1.807) is 6.07 Å². The van der Waals surface area contributed by atoms with Gasteiger partial charge in [0.1, 0.15) is 6.07 Å². The number of piperidine rings is 1. The third-order valence-corrected chi connectivity index (χ3v) is 3.74. The summed E-state index contributed by atoms with van der Waals surface area (Å²) in [6, 6.07) is 9.61. The number of hydrogen-bond donors (Lipinski definition) is 0. The van der Waals surface area contributed by atoms with Crippen LogP contribution < -0.4 is 4.90 Å². The van der Waals surface area contributed by atoms with Gasteiger partial charge in [0.25, 0.3) is 10.1 Å². The summed E-state index contributed by atoms with van der Waals surface area (Å²) in [5.41, 5.74) is 1.55. The van der Waals surface area contributed by atoms with Crippen LogP contribution in [0, 0.1) is 11.3 Å². The smallest absolute Gasteiger partial charge is 0.264 e. The average Bonchev–Trinajstić information content (AvgIpc) is 2.38. The van der Waals surface area contributed by atoms with Gasteiger partial charge in [0, 0.05) is 13.1 Å². The van der Waals surface area contributed by atoms with Crippen LogP contribution in [-0.2, 0) is 14.3 Å². The second-order valence-electron chi connectivity index (χ2n) is 4.62. The second-order valence-corrected chi connectivity index (χ2v) is 6.22. The lowest BCUT2D eigenvalue weighted by Crippen LogP contribution is -2.38. The van der Waals surface area contributed by atoms with Gasteiger partial charge in [0.05, 0.1) is 23.6 Å². The van der Waals surface area contributed by atoms with Crippen molar-refractivity contribution in [2.24, 2.45) is 0 Å². The van der Waals surface area contributed by atoms with Crippen molar-refractivity contribution in [2.75, 3.05) is 24.2 Å². The minimum Gasteiger partial charge on any atom is -0.370 e. The van der Waals surface area contributed by atoms with Crippen LogP contribution in [0.4, 0.5) is 5.69 Å². The number of nitriles is 1. The summed E-state index contributed by atoms with van der Waals surface area (Å²) in [5.74, 6) is 0. The van der Waals surface area contributed by atoms with E-state index in [0.717, 1.165) is 11.9 Å². The van der Waals surface area contributed by atoms with Crippen molar-refractivity contribution in [1.29, 1.82) is 5.26 Å². The van der Waals surface area contributed by atoms with Crippen LogP contribution in [0.25, 0.3) is 0 Å². The average molecular weight is 280 g/mol. The van der Waals surface area contributed by atoms with E-state index in [9.17, 15) is 8.42 Å². The zero-order chi connectivity index (χ0) is 13.9. The highest BCUT2D eigenvalue weighted by Crippen LogP contribution is 2.24. The highest BCUT2D eigenvalue weighted by Gasteiger charge is 2.24. The Kier molecular flexibility index (Phi) is 4.08. The molecule has 6 heteroatoms.